The van der Waals surface area contributed by atoms with Gasteiger partial charge in [-0.05, 0) is 12.8 Å². The molecule has 0 spiro atoms. The SMILES string of the molecule is CCCCC(CC)C(=O)O.[Sm]. The molecule has 0 aromatic carbocycles. The zero-order valence-electron chi connectivity index (χ0n) is 7.17. The van der Waals surface area contributed by atoms with Gasteiger partial charge in [0.2, 0.25) is 0 Å². The van der Waals surface area contributed by atoms with E-state index in [1.54, 1.807) is 0 Å². The molecule has 11 heavy (non-hydrogen) atoms. The predicted octanol–water partition coefficient (Wildman–Crippen LogP) is 2.29. The molecule has 0 bridgehead atoms. The summed E-state index contributed by atoms with van der Waals surface area (Å²) in [6.45, 7) is 4.00. The number of carboxylic acids is 1. The number of hydrogen-bond donors (Lipinski definition) is 1. The van der Waals surface area contributed by atoms with Crippen molar-refractivity contribution >= 4 is 5.97 Å². The van der Waals surface area contributed by atoms with Gasteiger partial charge >= 0.3 is 5.97 Å². The second-order valence-corrected chi connectivity index (χ2v) is 2.59. The van der Waals surface area contributed by atoms with Crippen molar-refractivity contribution in [1.82, 2.24) is 0 Å². The Morgan fingerprint density at radius 1 is 1.45 bits per heavy atom. The molecule has 0 fully saturated rings. The van der Waals surface area contributed by atoms with E-state index in [4.69, 9.17) is 5.11 Å². The summed E-state index contributed by atoms with van der Waals surface area (Å²) in [6, 6.07) is 0. The summed E-state index contributed by atoms with van der Waals surface area (Å²) in [5, 5.41) is 8.60. The van der Waals surface area contributed by atoms with E-state index in [0.29, 0.717) is 0 Å². The average Bonchev–Trinajstić information content (AvgIpc) is 1.89. The van der Waals surface area contributed by atoms with Gasteiger partial charge in [-0.1, -0.05) is 26.7 Å². The van der Waals surface area contributed by atoms with Gasteiger partial charge in [0, 0.05) is 40.4 Å². The van der Waals surface area contributed by atoms with Gasteiger partial charge in [-0.2, -0.15) is 0 Å². The summed E-state index contributed by atoms with van der Waals surface area (Å²) >= 11 is 0. The van der Waals surface area contributed by atoms with Crippen LogP contribution in [0.3, 0.4) is 0 Å². The molecule has 1 N–H and O–H groups in total. The second-order valence-electron chi connectivity index (χ2n) is 2.59. The van der Waals surface area contributed by atoms with E-state index < -0.39 is 5.97 Å². The molecular formula is C8H16O2Sm. The Labute approximate surface area is 101 Å². The number of aliphatic carboxylic acids is 1. The standard InChI is InChI=1S/C8H16O2.Sm/c1-3-5-6-7(4-2)8(9)10;/h7H,3-6H2,1-2H3,(H,9,10);. The van der Waals surface area contributed by atoms with Gasteiger partial charge in [0.25, 0.3) is 0 Å². The zero-order valence-corrected chi connectivity index (χ0v) is 9.79. The van der Waals surface area contributed by atoms with Crippen LogP contribution >= 0.6 is 0 Å². The minimum atomic E-state index is -0.643. The van der Waals surface area contributed by atoms with Gasteiger partial charge in [-0.25, -0.2) is 0 Å². The minimum Gasteiger partial charge on any atom is -0.481 e. The van der Waals surface area contributed by atoms with Crippen LogP contribution in [-0.4, -0.2) is 11.1 Å². The quantitative estimate of drug-likeness (QED) is 0.845. The molecule has 0 aliphatic carbocycles. The van der Waals surface area contributed by atoms with Gasteiger partial charge in [-0.15, -0.1) is 0 Å². The van der Waals surface area contributed by atoms with Crippen molar-refractivity contribution in [3.8, 4) is 0 Å². The Bertz CT molecular complexity index is 104. The van der Waals surface area contributed by atoms with Crippen LogP contribution in [0.5, 0.6) is 0 Å². The smallest absolute Gasteiger partial charge is 0.306 e. The van der Waals surface area contributed by atoms with Gasteiger partial charge in [0.05, 0.1) is 5.92 Å². The Hall–Kier alpha value is 0.808. The fourth-order valence-electron chi connectivity index (χ4n) is 0.953. The van der Waals surface area contributed by atoms with Crippen molar-refractivity contribution in [1.29, 1.82) is 0 Å². The van der Waals surface area contributed by atoms with Crippen LogP contribution in [0.25, 0.3) is 0 Å². The fraction of sp³-hybridized carbons (Fsp3) is 0.875. The summed E-state index contributed by atoms with van der Waals surface area (Å²) in [6.07, 6.45) is 3.71. The molecule has 0 aromatic heterocycles. The van der Waals surface area contributed by atoms with E-state index in [2.05, 4.69) is 6.92 Å². The maximum atomic E-state index is 10.4. The molecule has 66 valence electrons. The summed E-state index contributed by atoms with van der Waals surface area (Å²) in [4.78, 5) is 10.4. The third kappa shape index (κ3) is 7.18. The first-order valence-electron chi connectivity index (χ1n) is 3.95. The summed E-state index contributed by atoms with van der Waals surface area (Å²) in [5.41, 5.74) is 0. The summed E-state index contributed by atoms with van der Waals surface area (Å²) in [5.74, 6) is -0.754. The predicted molar refractivity (Wildman–Crippen MR) is 40.9 cm³/mol. The van der Waals surface area contributed by atoms with E-state index in [9.17, 15) is 4.79 Å². The largest absolute Gasteiger partial charge is 0.481 e. The third-order valence-electron chi connectivity index (χ3n) is 1.75. The third-order valence-corrected chi connectivity index (χ3v) is 1.75. The van der Waals surface area contributed by atoms with Gasteiger partial charge in [0.1, 0.15) is 0 Å². The molecule has 0 radical (unpaired) electrons. The van der Waals surface area contributed by atoms with Gasteiger partial charge < -0.3 is 5.11 Å². The first-order valence-corrected chi connectivity index (χ1v) is 3.95. The molecule has 0 heterocycles. The number of rotatable bonds is 5. The molecule has 0 saturated carbocycles. The van der Waals surface area contributed by atoms with Crippen LogP contribution in [0, 0.1) is 46.3 Å². The van der Waals surface area contributed by atoms with Crippen molar-refractivity contribution in [3.05, 3.63) is 0 Å². The normalized spacial score (nSPS) is 11.8. The molecule has 2 nitrogen and oxygen atoms in total. The molecule has 0 aliphatic heterocycles. The summed E-state index contributed by atoms with van der Waals surface area (Å²) < 4.78 is 0. The molecule has 0 aromatic rings. The Kier molecular flexibility index (Phi) is 11.6. The molecule has 3 heteroatoms. The molecule has 0 amide bonds. The number of unbranched alkanes of at least 4 members (excludes halogenated alkanes) is 1. The van der Waals surface area contributed by atoms with E-state index in [1.807, 2.05) is 6.92 Å². The monoisotopic (exact) mass is 296 g/mol. The molecule has 0 aliphatic rings. The van der Waals surface area contributed by atoms with Gasteiger partial charge in [0.15, 0.2) is 0 Å². The van der Waals surface area contributed by atoms with Crippen LogP contribution in [-0.2, 0) is 4.79 Å². The molecule has 0 saturated heterocycles. The first kappa shape index (κ1) is 14.3. The van der Waals surface area contributed by atoms with Crippen molar-refractivity contribution in [2.24, 2.45) is 5.92 Å². The molecular weight excluding hydrogens is 278 g/mol. The first-order chi connectivity index (χ1) is 4.72. The van der Waals surface area contributed by atoms with E-state index in [1.165, 1.54) is 0 Å². The topological polar surface area (TPSA) is 37.3 Å². The second kappa shape index (κ2) is 8.90. The van der Waals surface area contributed by atoms with Crippen LogP contribution in [0.1, 0.15) is 39.5 Å². The summed E-state index contributed by atoms with van der Waals surface area (Å²) in [7, 11) is 0. The average molecular weight is 295 g/mol. The molecule has 1 atom stereocenters. The number of hydrogen-bond acceptors (Lipinski definition) is 1. The van der Waals surface area contributed by atoms with E-state index in [-0.39, 0.29) is 46.3 Å². The van der Waals surface area contributed by atoms with E-state index >= 15 is 0 Å². The maximum Gasteiger partial charge on any atom is 0.306 e. The van der Waals surface area contributed by atoms with E-state index in [0.717, 1.165) is 25.7 Å². The Balaban J connectivity index is 0. The molecule has 0 rings (SSSR count). The molecule has 1 unspecified atom stereocenters. The van der Waals surface area contributed by atoms with Crippen LogP contribution in [0.2, 0.25) is 0 Å². The van der Waals surface area contributed by atoms with Crippen molar-refractivity contribution < 1.29 is 50.3 Å². The van der Waals surface area contributed by atoms with Crippen LogP contribution < -0.4 is 0 Å². The minimum absolute atomic E-state index is 0. The van der Waals surface area contributed by atoms with Crippen LogP contribution in [0.4, 0.5) is 0 Å². The zero-order chi connectivity index (χ0) is 7.98. The maximum absolute atomic E-state index is 10.4. The number of carbonyl (C=O) groups is 1. The fourth-order valence-corrected chi connectivity index (χ4v) is 0.953. The van der Waals surface area contributed by atoms with Crippen molar-refractivity contribution in [2.45, 2.75) is 39.5 Å². The van der Waals surface area contributed by atoms with Crippen LogP contribution in [0.15, 0.2) is 0 Å². The van der Waals surface area contributed by atoms with Crippen molar-refractivity contribution in [3.63, 3.8) is 0 Å². The Morgan fingerprint density at radius 2 is 2.00 bits per heavy atom. The van der Waals surface area contributed by atoms with Crippen molar-refractivity contribution in [2.75, 3.05) is 0 Å². The van der Waals surface area contributed by atoms with Gasteiger partial charge in [-0.3, -0.25) is 4.79 Å². The number of carboxylic acid groups (broad SMARTS) is 1. The Morgan fingerprint density at radius 3 is 2.27 bits per heavy atom.